The topological polar surface area (TPSA) is 35.9 Å². The molecule has 2 aliphatic carbocycles. The van der Waals surface area contributed by atoms with Gasteiger partial charge in [-0.05, 0) is 81.0 Å². The highest BCUT2D eigenvalue weighted by Crippen LogP contribution is 2.32. The molecular formula is C22H31N3O. The second kappa shape index (κ2) is 8.37. The highest BCUT2D eigenvalue weighted by Gasteiger charge is 2.24. The molecule has 4 rings (SSSR count). The second-order valence-electron chi connectivity index (χ2n) is 8.28. The Morgan fingerprint density at radius 1 is 1.04 bits per heavy atom. The Kier molecular flexibility index (Phi) is 5.72. The van der Waals surface area contributed by atoms with Crippen molar-refractivity contribution in [2.45, 2.75) is 57.4 Å². The standard InChI is InChI=1S/C22H31N3O/c26-17-23-20-9-7-18(8-10-20)11-12-24-13-15-25(16-14-24)22-6-2-4-19-3-1-5-21(19)22/h2,4,6,18,20H,1,3,5,7-16H2. The van der Waals surface area contributed by atoms with Crippen LogP contribution in [0.25, 0.3) is 0 Å². The molecule has 1 aliphatic heterocycles. The van der Waals surface area contributed by atoms with E-state index >= 15 is 0 Å². The zero-order chi connectivity index (χ0) is 17.8. The number of benzene rings is 1. The molecule has 0 amide bonds. The molecule has 0 radical (unpaired) electrons. The molecule has 0 spiro atoms. The molecule has 0 N–H and O–H groups in total. The molecule has 4 heteroatoms. The van der Waals surface area contributed by atoms with Gasteiger partial charge in [0, 0.05) is 31.9 Å². The summed E-state index contributed by atoms with van der Waals surface area (Å²) in [6.45, 7) is 5.93. The van der Waals surface area contributed by atoms with Gasteiger partial charge in [-0.1, -0.05) is 12.1 Å². The Balaban J connectivity index is 1.22. The molecule has 2 fully saturated rings. The van der Waals surface area contributed by atoms with Crippen molar-refractivity contribution in [3.63, 3.8) is 0 Å². The number of hydrogen-bond acceptors (Lipinski definition) is 4. The molecule has 0 atom stereocenters. The van der Waals surface area contributed by atoms with Crippen molar-refractivity contribution in [3.05, 3.63) is 29.3 Å². The van der Waals surface area contributed by atoms with Crippen LogP contribution in [-0.4, -0.2) is 49.7 Å². The van der Waals surface area contributed by atoms with Crippen molar-refractivity contribution in [3.8, 4) is 0 Å². The van der Waals surface area contributed by atoms with Crippen LogP contribution in [0.3, 0.4) is 0 Å². The van der Waals surface area contributed by atoms with E-state index in [2.05, 4.69) is 33.0 Å². The number of anilines is 1. The number of fused-ring (bicyclic) bond motifs is 1. The summed E-state index contributed by atoms with van der Waals surface area (Å²) in [5.74, 6) is 0.823. The number of hydrogen-bond donors (Lipinski definition) is 0. The van der Waals surface area contributed by atoms with Crippen LogP contribution in [0.5, 0.6) is 0 Å². The number of piperazine rings is 1. The summed E-state index contributed by atoms with van der Waals surface area (Å²) in [6, 6.07) is 7.15. The van der Waals surface area contributed by atoms with E-state index in [1.54, 1.807) is 17.2 Å². The van der Waals surface area contributed by atoms with Gasteiger partial charge in [-0.3, -0.25) is 4.90 Å². The van der Waals surface area contributed by atoms with Crippen LogP contribution in [0, 0.1) is 5.92 Å². The molecule has 26 heavy (non-hydrogen) atoms. The maximum Gasteiger partial charge on any atom is 0.235 e. The van der Waals surface area contributed by atoms with Gasteiger partial charge >= 0.3 is 0 Å². The van der Waals surface area contributed by atoms with E-state index < -0.39 is 0 Å². The first-order valence-corrected chi connectivity index (χ1v) is 10.5. The second-order valence-corrected chi connectivity index (χ2v) is 8.28. The first kappa shape index (κ1) is 17.8. The van der Waals surface area contributed by atoms with Crippen LogP contribution < -0.4 is 4.90 Å². The van der Waals surface area contributed by atoms with E-state index in [1.165, 1.54) is 63.8 Å². The predicted octanol–water partition coefficient (Wildman–Crippen LogP) is 3.58. The summed E-state index contributed by atoms with van der Waals surface area (Å²) in [7, 11) is 0. The van der Waals surface area contributed by atoms with E-state index in [9.17, 15) is 4.79 Å². The quantitative estimate of drug-likeness (QED) is 0.600. The zero-order valence-corrected chi connectivity index (χ0v) is 15.8. The van der Waals surface area contributed by atoms with E-state index in [1.807, 2.05) is 0 Å². The van der Waals surface area contributed by atoms with Crippen LogP contribution in [-0.2, 0) is 17.6 Å². The Bertz CT molecular complexity index is 651. The van der Waals surface area contributed by atoms with Gasteiger partial charge in [0.25, 0.3) is 0 Å². The molecule has 1 aromatic carbocycles. The van der Waals surface area contributed by atoms with Crippen LogP contribution in [0.15, 0.2) is 23.2 Å². The fourth-order valence-electron chi connectivity index (χ4n) is 5.11. The van der Waals surface area contributed by atoms with Crippen molar-refractivity contribution in [1.29, 1.82) is 0 Å². The molecule has 1 saturated carbocycles. The van der Waals surface area contributed by atoms with E-state index in [0.717, 1.165) is 31.8 Å². The number of aryl methyl sites for hydroxylation is 1. The summed E-state index contributed by atoms with van der Waals surface area (Å²) in [5.41, 5.74) is 4.71. The molecule has 1 aromatic rings. The maximum absolute atomic E-state index is 10.4. The molecule has 1 heterocycles. The maximum atomic E-state index is 10.4. The third kappa shape index (κ3) is 4.02. The van der Waals surface area contributed by atoms with Crippen molar-refractivity contribution in [2.75, 3.05) is 37.6 Å². The lowest BCUT2D eigenvalue weighted by atomic mass is 9.84. The molecule has 1 saturated heterocycles. The molecule has 140 valence electrons. The average molecular weight is 354 g/mol. The van der Waals surface area contributed by atoms with Crippen LogP contribution in [0.2, 0.25) is 0 Å². The van der Waals surface area contributed by atoms with Gasteiger partial charge in [0.1, 0.15) is 0 Å². The van der Waals surface area contributed by atoms with Gasteiger partial charge in [-0.25, -0.2) is 9.79 Å². The molecule has 0 unspecified atom stereocenters. The summed E-state index contributed by atoms with van der Waals surface area (Å²) < 4.78 is 0. The lowest BCUT2D eigenvalue weighted by molar-refractivity contribution is 0.217. The predicted molar refractivity (Wildman–Crippen MR) is 106 cm³/mol. The molecule has 0 aromatic heterocycles. The number of rotatable bonds is 5. The van der Waals surface area contributed by atoms with Gasteiger partial charge in [-0.15, -0.1) is 0 Å². The summed E-state index contributed by atoms with van der Waals surface area (Å²) >= 11 is 0. The van der Waals surface area contributed by atoms with E-state index in [-0.39, 0.29) is 6.04 Å². The normalized spacial score (nSPS) is 26.4. The fraction of sp³-hybridized carbons (Fsp3) is 0.682. The van der Waals surface area contributed by atoms with E-state index in [0.29, 0.717) is 0 Å². The number of nitrogens with zero attached hydrogens (tertiary/aromatic N) is 3. The van der Waals surface area contributed by atoms with Gasteiger partial charge < -0.3 is 4.90 Å². The lowest BCUT2D eigenvalue weighted by Crippen LogP contribution is -2.47. The highest BCUT2D eigenvalue weighted by atomic mass is 16.1. The van der Waals surface area contributed by atoms with Gasteiger partial charge in [0.2, 0.25) is 6.08 Å². The molecule has 3 aliphatic rings. The number of isocyanates is 1. The van der Waals surface area contributed by atoms with Gasteiger partial charge in [0.05, 0.1) is 6.04 Å². The first-order chi connectivity index (χ1) is 12.8. The van der Waals surface area contributed by atoms with Gasteiger partial charge in [-0.2, -0.15) is 0 Å². The van der Waals surface area contributed by atoms with Crippen molar-refractivity contribution < 1.29 is 4.79 Å². The number of aliphatic imine (C=N–C) groups is 1. The Morgan fingerprint density at radius 2 is 1.85 bits per heavy atom. The fourth-order valence-corrected chi connectivity index (χ4v) is 5.11. The van der Waals surface area contributed by atoms with E-state index in [4.69, 9.17) is 0 Å². The Hall–Kier alpha value is -1.64. The number of carbonyl (C=O) groups excluding carboxylic acids is 1. The third-order valence-corrected chi connectivity index (χ3v) is 6.74. The largest absolute Gasteiger partial charge is 0.369 e. The molecular weight excluding hydrogens is 322 g/mol. The minimum atomic E-state index is 0.250. The van der Waals surface area contributed by atoms with Gasteiger partial charge in [0.15, 0.2) is 0 Å². The van der Waals surface area contributed by atoms with Crippen molar-refractivity contribution in [2.24, 2.45) is 10.9 Å². The van der Waals surface area contributed by atoms with Crippen LogP contribution >= 0.6 is 0 Å². The SMILES string of the molecule is O=C=NC1CCC(CCN2CCN(c3cccc4c3CCC4)CC2)CC1. The highest BCUT2D eigenvalue weighted by molar-refractivity contribution is 5.58. The molecule has 0 bridgehead atoms. The lowest BCUT2D eigenvalue weighted by Gasteiger charge is -2.38. The Labute approximate surface area is 157 Å². The summed E-state index contributed by atoms with van der Waals surface area (Å²) in [4.78, 5) is 19.5. The first-order valence-electron chi connectivity index (χ1n) is 10.5. The van der Waals surface area contributed by atoms with Crippen molar-refractivity contribution in [1.82, 2.24) is 4.90 Å². The average Bonchev–Trinajstić information content (AvgIpc) is 3.17. The zero-order valence-electron chi connectivity index (χ0n) is 15.8. The molecule has 4 nitrogen and oxygen atoms in total. The smallest absolute Gasteiger partial charge is 0.235 e. The summed E-state index contributed by atoms with van der Waals surface area (Å²) in [6.07, 6.45) is 11.5. The van der Waals surface area contributed by atoms with Crippen LogP contribution in [0.1, 0.15) is 49.7 Å². The minimum absolute atomic E-state index is 0.250. The van der Waals surface area contributed by atoms with Crippen LogP contribution in [0.4, 0.5) is 5.69 Å². The monoisotopic (exact) mass is 353 g/mol. The third-order valence-electron chi connectivity index (χ3n) is 6.74. The minimum Gasteiger partial charge on any atom is -0.369 e. The van der Waals surface area contributed by atoms with Crippen molar-refractivity contribution >= 4 is 11.8 Å². The summed E-state index contributed by atoms with van der Waals surface area (Å²) in [5, 5.41) is 0. The Morgan fingerprint density at radius 3 is 2.62 bits per heavy atom.